The van der Waals surface area contributed by atoms with E-state index in [4.69, 9.17) is 5.73 Å². The summed E-state index contributed by atoms with van der Waals surface area (Å²) in [4.78, 5) is 23.3. The predicted molar refractivity (Wildman–Crippen MR) is 64.2 cm³/mol. The molecule has 18 heavy (non-hydrogen) atoms. The van der Waals surface area contributed by atoms with E-state index in [1.807, 2.05) is 0 Å². The Bertz CT molecular complexity index is 503. The minimum atomic E-state index is -0.796. The van der Waals surface area contributed by atoms with Gasteiger partial charge in [-0.3, -0.25) is 14.9 Å². The van der Waals surface area contributed by atoms with E-state index in [0.717, 1.165) is 0 Å². The van der Waals surface area contributed by atoms with Crippen LogP contribution in [0.3, 0.4) is 0 Å². The van der Waals surface area contributed by atoms with Crippen LogP contribution in [0.15, 0.2) is 18.2 Å². The summed E-state index contributed by atoms with van der Waals surface area (Å²) in [6.07, 6.45) is -0.677. The molecule has 0 aromatic heterocycles. The highest BCUT2D eigenvalue weighted by Gasteiger charge is 2.29. The lowest BCUT2D eigenvalue weighted by Gasteiger charge is -2.20. The number of aliphatic hydroxyl groups excluding tert-OH is 1. The molecule has 1 amide bonds. The van der Waals surface area contributed by atoms with Crippen molar-refractivity contribution in [3.8, 4) is 0 Å². The Labute approximate surface area is 103 Å². The molecule has 0 bridgehead atoms. The zero-order chi connectivity index (χ0) is 13.3. The van der Waals surface area contributed by atoms with Gasteiger partial charge in [-0.25, -0.2) is 0 Å². The normalized spacial score (nSPS) is 15.7. The quantitative estimate of drug-likeness (QED) is 0.569. The molecule has 0 radical (unpaired) electrons. The average molecular weight is 251 g/mol. The van der Waals surface area contributed by atoms with Gasteiger partial charge in [0.15, 0.2) is 0 Å². The van der Waals surface area contributed by atoms with Gasteiger partial charge in [0, 0.05) is 24.4 Å². The van der Waals surface area contributed by atoms with Crippen molar-refractivity contribution in [2.45, 2.75) is 12.5 Å². The molecule has 2 rings (SSSR count). The standard InChI is InChI=1S/C11H13N3O4/c12-5-9(15)6-13-10-2-1-8(14(17)18)3-7(10)4-11(13)16/h1-3,9,15H,4-6,12H2. The summed E-state index contributed by atoms with van der Waals surface area (Å²) in [7, 11) is 0. The average Bonchev–Trinajstić information content (AvgIpc) is 2.64. The predicted octanol–water partition coefficient (Wildman–Crippen LogP) is -0.196. The molecular weight excluding hydrogens is 238 g/mol. The molecule has 96 valence electrons. The number of β-amino-alcohol motifs (C(OH)–C–C–N with tert-alkyl or cyclic N) is 1. The Hall–Kier alpha value is -1.99. The second kappa shape index (κ2) is 4.71. The molecule has 0 spiro atoms. The van der Waals surface area contributed by atoms with Crippen molar-refractivity contribution in [1.29, 1.82) is 0 Å². The Morgan fingerprint density at radius 1 is 1.56 bits per heavy atom. The van der Waals surface area contributed by atoms with Gasteiger partial charge in [-0.15, -0.1) is 0 Å². The van der Waals surface area contributed by atoms with E-state index in [1.54, 1.807) is 0 Å². The molecule has 1 aliphatic heterocycles. The first-order valence-corrected chi connectivity index (χ1v) is 5.48. The van der Waals surface area contributed by atoms with Crippen LogP contribution in [0.4, 0.5) is 11.4 Å². The minimum Gasteiger partial charge on any atom is -0.390 e. The van der Waals surface area contributed by atoms with Gasteiger partial charge in [0.25, 0.3) is 5.69 Å². The molecule has 3 N–H and O–H groups in total. The van der Waals surface area contributed by atoms with Crippen molar-refractivity contribution >= 4 is 17.3 Å². The van der Waals surface area contributed by atoms with Crippen LogP contribution < -0.4 is 10.6 Å². The Kier molecular flexibility index (Phi) is 3.26. The van der Waals surface area contributed by atoms with Crippen molar-refractivity contribution in [1.82, 2.24) is 0 Å². The molecular formula is C11H13N3O4. The highest BCUT2D eigenvalue weighted by atomic mass is 16.6. The lowest BCUT2D eigenvalue weighted by Crippen LogP contribution is -2.38. The number of nitro groups is 1. The second-order valence-corrected chi connectivity index (χ2v) is 4.14. The topological polar surface area (TPSA) is 110 Å². The van der Waals surface area contributed by atoms with Gasteiger partial charge in [0.1, 0.15) is 0 Å². The maximum atomic E-state index is 11.8. The van der Waals surface area contributed by atoms with Gasteiger partial charge in [-0.05, 0) is 11.6 Å². The fourth-order valence-corrected chi connectivity index (χ4v) is 1.97. The zero-order valence-corrected chi connectivity index (χ0v) is 9.57. The number of non-ortho nitro benzene ring substituents is 1. The first kappa shape index (κ1) is 12.5. The summed E-state index contributed by atoms with van der Waals surface area (Å²) in [6.45, 7) is 0.173. The van der Waals surface area contributed by atoms with Crippen LogP contribution in [0, 0.1) is 10.1 Å². The van der Waals surface area contributed by atoms with Crippen molar-refractivity contribution in [2.75, 3.05) is 18.0 Å². The van der Waals surface area contributed by atoms with Crippen molar-refractivity contribution in [3.63, 3.8) is 0 Å². The third-order valence-corrected chi connectivity index (χ3v) is 2.87. The van der Waals surface area contributed by atoms with E-state index in [1.165, 1.54) is 23.1 Å². The largest absolute Gasteiger partial charge is 0.390 e. The van der Waals surface area contributed by atoms with Crippen LogP contribution in [0.2, 0.25) is 0 Å². The van der Waals surface area contributed by atoms with Crippen molar-refractivity contribution in [2.24, 2.45) is 5.73 Å². The van der Waals surface area contributed by atoms with E-state index < -0.39 is 11.0 Å². The van der Waals surface area contributed by atoms with Crippen LogP contribution in [0.1, 0.15) is 5.56 Å². The molecule has 1 aromatic carbocycles. The number of anilines is 1. The SMILES string of the molecule is NCC(O)CN1C(=O)Cc2cc([N+](=O)[O-])ccc21. The molecule has 0 saturated heterocycles. The van der Waals surface area contributed by atoms with Crippen LogP contribution in [0.5, 0.6) is 0 Å². The number of carbonyl (C=O) groups excluding carboxylic acids is 1. The number of hydrogen-bond donors (Lipinski definition) is 2. The molecule has 0 aliphatic carbocycles. The van der Waals surface area contributed by atoms with E-state index in [9.17, 15) is 20.0 Å². The second-order valence-electron chi connectivity index (χ2n) is 4.14. The summed E-state index contributed by atoms with van der Waals surface area (Å²) < 4.78 is 0. The number of benzene rings is 1. The molecule has 1 aromatic rings. The molecule has 0 fully saturated rings. The lowest BCUT2D eigenvalue weighted by molar-refractivity contribution is -0.384. The number of carbonyl (C=O) groups is 1. The fraction of sp³-hybridized carbons (Fsp3) is 0.364. The van der Waals surface area contributed by atoms with Crippen LogP contribution in [-0.2, 0) is 11.2 Å². The van der Waals surface area contributed by atoms with Gasteiger partial charge < -0.3 is 15.7 Å². The van der Waals surface area contributed by atoms with E-state index in [2.05, 4.69) is 0 Å². The zero-order valence-electron chi connectivity index (χ0n) is 9.57. The van der Waals surface area contributed by atoms with Gasteiger partial charge in [0.2, 0.25) is 5.91 Å². The number of hydrogen-bond acceptors (Lipinski definition) is 5. The number of nitrogens with two attached hydrogens (primary N) is 1. The molecule has 1 atom stereocenters. The van der Waals surface area contributed by atoms with Crippen molar-refractivity contribution < 1.29 is 14.8 Å². The van der Waals surface area contributed by atoms with E-state index >= 15 is 0 Å². The molecule has 0 saturated carbocycles. The monoisotopic (exact) mass is 251 g/mol. The molecule has 7 heteroatoms. The van der Waals surface area contributed by atoms with Gasteiger partial charge in [-0.1, -0.05) is 0 Å². The number of nitro benzene ring substituents is 1. The highest BCUT2D eigenvalue weighted by molar-refractivity contribution is 6.01. The van der Waals surface area contributed by atoms with Gasteiger partial charge in [0.05, 0.1) is 24.0 Å². The summed E-state index contributed by atoms with van der Waals surface area (Å²) >= 11 is 0. The Morgan fingerprint density at radius 3 is 2.89 bits per heavy atom. The number of nitrogens with zero attached hydrogens (tertiary/aromatic N) is 2. The minimum absolute atomic E-state index is 0.0391. The van der Waals surface area contributed by atoms with Gasteiger partial charge in [-0.2, -0.15) is 0 Å². The number of aliphatic hydroxyl groups is 1. The fourth-order valence-electron chi connectivity index (χ4n) is 1.97. The molecule has 1 heterocycles. The third-order valence-electron chi connectivity index (χ3n) is 2.87. The summed E-state index contributed by atoms with van der Waals surface area (Å²) in [5.41, 5.74) is 6.48. The summed E-state index contributed by atoms with van der Waals surface area (Å²) in [5, 5.41) is 20.1. The van der Waals surface area contributed by atoms with Gasteiger partial charge >= 0.3 is 0 Å². The molecule has 1 aliphatic rings. The van der Waals surface area contributed by atoms with E-state index in [-0.39, 0.29) is 31.1 Å². The first-order valence-electron chi connectivity index (χ1n) is 5.48. The number of amides is 1. The maximum absolute atomic E-state index is 11.8. The summed E-state index contributed by atoms with van der Waals surface area (Å²) in [5.74, 6) is -0.182. The van der Waals surface area contributed by atoms with E-state index in [0.29, 0.717) is 11.3 Å². The third kappa shape index (κ3) is 2.18. The number of rotatable bonds is 4. The van der Waals surface area contributed by atoms with Crippen LogP contribution in [0.25, 0.3) is 0 Å². The maximum Gasteiger partial charge on any atom is 0.269 e. The highest BCUT2D eigenvalue weighted by Crippen LogP contribution is 2.31. The van der Waals surface area contributed by atoms with Crippen molar-refractivity contribution in [3.05, 3.63) is 33.9 Å². The Balaban J connectivity index is 2.29. The smallest absolute Gasteiger partial charge is 0.269 e. The molecule has 1 unspecified atom stereocenters. The molecule has 7 nitrogen and oxygen atoms in total. The van der Waals surface area contributed by atoms with Crippen LogP contribution >= 0.6 is 0 Å². The number of fused-ring (bicyclic) bond motifs is 1. The Morgan fingerprint density at radius 2 is 2.28 bits per heavy atom. The lowest BCUT2D eigenvalue weighted by atomic mass is 10.1. The summed E-state index contributed by atoms with van der Waals surface area (Å²) in [6, 6.07) is 4.27. The first-order chi connectivity index (χ1) is 8.52. The van der Waals surface area contributed by atoms with Crippen LogP contribution in [-0.4, -0.2) is 35.1 Å².